The summed E-state index contributed by atoms with van der Waals surface area (Å²) in [5, 5.41) is 0. The maximum Gasteiger partial charge on any atom is 0.150 e. The molecule has 0 radical (unpaired) electrons. The van der Waals surface area contributed by atoms with Crippen LogP contribution in [0.1, 0.15) is 10.4 Å². The molecule has 0 aliphatic carbocycles. The molecule has 1 aromatic carbocycles. The second-order valence-electron chi connectivity index (χ2n) is 2.20. The monoisotopic (exact) mass is 163 g/mol. The van der Waals surface area contributed by atoms with Gasteiger partial charge < -0.3 is 0 Å². The van der Waals surface area contributed by atoms with Gasteiger partial charge in [-0.1, -0.05) is 6.07 Å². The van der Waals surface area contributed by atoms with Crippen molar-refractivity contribution in [1.82, 2.24) is 4.98 Å². The van der Waals surface area contributed by atoms with Crippen molar-refractivity contribution in [2.24, 2.45) is 0 Å². The Balaban J connectivity index is 2.76. The van der Waals surface area contributed by atoms with E-state index in [4.69, 9.17) is 0 Å². The van der Waals surface area contributed by atoms with Crippen LogP contribution in [0.2, 0.25) is 0 Å². The Hall–Kier alpha value is -1.22. The molecule has 0 aliphatic heterocycles. The number of carbonyl (C=O) groups is 1. The van der Waals surface area contributed by atoms with Crippen molar-refractivity contribution in [2.45, 2.75) is 0 Å². The highest BCUT2D eigenvalue weighted by Crippen LogP contribution is 2.17. The molecule has 54 valence electrons. The Bertz CT molecular complexity index is 394. The zero-order valence-electron chi connectivity index (χ0n) is 5.65. The molecule has 0 spiro atoms. The topological polar surface area (TPSA) is 30.0 Å². The number of aromatic nitrogens is 1. The van der Waals surface area contributed by atoms with Crippen molar-refractivity contribution in [3.05, 3.63) is 29.3 Å². The second-order valence-corrected chi connectivity index (χ2v) is 3.08. The predicted molar refractivity (Wildman–Crippen MR) is 45.0 cm³/mol. The first-order chi connectivity index (χ1) is 5.40. The molecule has 2 aromatic rings. The number of rotatable bonds is 1. The summed E-state index contributed by atoms with van der Waals surface area (Å²) in [4.78, 5) is 14.4. The molecule has 1 aromatic heterocycles. The van der Waals surface area contributed by atoms with Crippen LogP contribution in [0.5, 0.6) is 0 Å². The average molecular weight is 163 g/mol. The van der Waals surface area contributed by atoms with E-state index in [0.717, 1.165) is 16.5 Å². The van der Waals surface area contributed by atoms with Gasteiger partial charge in [0, 0.05) is 5.56 Å². The van der Waals surface area contributed by atoms with Crippen molar-refractivity contribution in [1.29, 1.82) is 0 Å². The lowest BCUT2D eigenvalue weighted by molar-refractivity contribution is 0.112. The molecule has 3 heteroatoms. The van der Waals surface area contributed by atoms with Crippen molar-refractivity contribution in [3.63, 3.8) is 0 Å². The number of nitrogens with zero attached hydrogens (tertiary/aromatic N) is 1. The number of aldehydes is 1. The van der Waals surface area contributed by atoms with E-state index in [1.165, 1.54) is 0 Å². The van der Waals surface area contributed by atoms with Gasteiger partial charge in [-0.3, -0.25) is 4.79 Å². The van der Waals surface area contributed by atoms with Gasteiger partial charge in [-0.05, 0) is 12.1 Å². The van der Waals surface area contributed by atoms with Gasteiger partial charge in [-0.25, -0.2) is 4.98 Å². The molecule has 0 aliphatic rings. The van der Waals surface area contributed by atoms with Crippen molar-refractivity contribution in [3.8, 4) is 0 Å². The molecule has 0 unspecified atom stereocenters. The van der Waals surface area contributed by atoms with Crippen LogP contribution in [-0.4, -0.2) is 11.3 Å². The third-order valence-corrected chi connectivity index (χ3v) is 2.30. The molecule has 2 nitrogen and oxygen atoms in total. The molecular formula is C8H5NOS. The smallest absolute Gasteiger partial charge is 0.150 e. The van der Waals surface area contributed by atoms with Crippen molar-refractivity contribution >= 4 is 27.8 Å². The summed E-state index contributed by atoms with van der Waals surface area (Å²) < 4.78 is 1.12. The molecule has 0 N–H and O–H groups in total. The van der Waals surface area contributed by atoms with Crippen molar-refractivity contribution in [2.75, 3.05) is 0 Å². The predicted octanol–water partition coefficient (Wildman–Crippen LogP) is 2.11. The molecule has 0 saturated heterocycles. The van der Waals surface area contributed by atoms with Gasteiger partial charge in [-0.2, -0.15) is 0 Å². The van der Waals surface area contributed by atoms with Crippen LogP contribution in [0.4, 0.5) is 0 Å². The van der Waals surface area contributed by atoms with Gasteiger partial charge in [0.25, 0.3) is 0 Å². The van der Waals surface area contributed by atoms with Gasteiger partial charge in [0.15, 0.2) is 0 Å². The Morgan fingerprint density at radius 1 is 1.45 bits per heavy atom. The molecule has 0 atom stereocenters. The summed E-state index contributed by atoms with van der Waals surface area (Å²) in [6.07, 6.45) is 0.832. The summed E-state index contributed by atoms with van der Waals surface area (Å²) >= 11 is 1.58. The molecule has 11 heavy (non-hydrogen) atoms. The summed E-state index contributed by atoms with van der Waals surface area (Å²) in [5.74, 6) is 0. The highest BCUT2D eigenvalue weighted by Gasteiger charge is 1.96. The zero-order chi connectivity index (χ0) is 7.68. The molecule has 0 amide bonds. The largest absolute Gasteiger partial charge is 0.298 e. The van der Waals surface area contributed by atoms with E-state index in [1.54, 1.807) is 29.0 Å². The number of hydrogen-bond donors (Lipinski definition) is 0. The maximum absolute atomic E-state index is 10.3. The lowest BCUT2D eigenvalue weighted by Gasteiger charge is -1.87. The lowest BCUT2D eigenvalue weighted by atomic mass is 10.2. The Labute approximate surface area is 67.5 Å². The number of carbonyl (C=O) groups excluding carboxylic acids is 1. The Kier molecular flexibility index (Phi) is 1.43. The van der Waals surface area contributed by atoms with Gasteiger partial charge in [-0.15, -0.1) is 11.3 Å². The molecular weight excluding hydrogens is 158 g/mol. The van der Waals surface area contributed by atoms with Crippen LogP contribution in [0.3, 0.4) is 0 Å². The fourth-order valence-corrected chi connectivity index (χ4v) is 1.61. The molecule has 2 rings (SSSR count). The fourth-order valence-electron chi connectivity index (χ4n) is 0.948. The lowest BCUT2D eigenvalue weighted by Crippen LogP contribution is -1.76. The van der Waals surface area contributed by atoms with Gasteiger partial charge >= 0.3 is 0 Å². The Morgan fingerprint density at radius 3 is 3.18 bits per heavy atom. The highest BCUT2D eigenvalue weighted by molar-refractivity contribution is 7.16. The number of benzene rings is 1. The molecule has 0 bridgehead atoms. The molecule has 0 fully saturated rings. The van der Waals surface area contributed by atoms with Crippen LogP contribution >= 0.6 is 11.3 Å². The summed E-state index contributed by atoms with van der Waals surface area (Å²) in [5.41, 5.74) is 3.36. The summed E-state index contributed by atoms with van der Waals surface area (Å²) in [6, 6.07) is 5.50. The zero-order valence-corrected chi connectivity index (χ0v) is 6.47. The summed E-state index contributed by atoms with van der Waals surface area (Å²) in [7, 11) is 0. The standard InChI is InChI=1S/C8H5NOS/c10-4-6-1-2-8-7(3-6)9-5-11-8/h1-5H. The third-order valence-electron chi connectivity index (χ3n) is 1.49. The van der Waals surface area contributed by atoms with E-state index in [-0.39, 0.29) is 0 Å². The first-order valence-electron chi connectivity index (χ1n) is 3.18. The fraction of sp³-hybridized carbons (Fsp3) is 0. The second kappa shape index (κ2) is 2.43. The third kappa shape index (κ3) is 1.03. The first kappa shape index (κ1) is 6.49. The van der Waals surface area contributed by atoms with E-state index in [9.17, 15) is 4.79 Å². The van der Waals surface area contributed by atoms with Crippen LogP contribution in [-0.2, 0) is 0 Å². The van der Waals surface area contributed by atoms with Crippen LogP contribution in [0, 0.1) is 0 Å². The van der Waals surface area contributed by atoms with Gasteiger partial charge in [0.1, 0.15) is 6.29 Å². The van der Waals surface area contributed by atoms with Crippen LogP contribution in [0.15, 0.2) is 23.7 Å². The SMILES string of the molecule is O=Cc1ccc2scnc2c1. The summed E-state index contributed by atoms with van der Waals surface area (Å²) in [6.45, 7) is 0. The minimum absolute atomic E-state index is 0.684. The minimum atomic E-state index is 0.684. The minimum Gasteiger partial charge on any atom is -0.298 e. The van der Waals surface area contributed by atoms with E-state index in [2.05, 4.69) is 4.98 Å². The quantitative estimate of drug-likeness (QED) is 0.602. The normalized spacial score (nSPS) is 10.2. The van der Waals surface area contributed by atoms with Gasteiger partial charge in [0.2, 0.25) is 0 Å². The number of fused-ring (bicyclic) bond motifs is 1. The maximum atomic E-state index is 10.3. The molecule has 0 saturated carbocycles. The van der Waals surface area contributed by atoms with E-state index in [1.807, 2.05) is 6.07 Å². The number of hydrogen-bond acceptors (Lipinski definition) is 3. The molecule has 1 heterocycles. The van der Waals surface area contributed by atoms with E-state index in [0.29, 0.717) is 5.56 Å². The van der Waals surface area contributed by atoms with E-state index < -0.39 is 0 Å². The van der Waals surface area contributed by atoms with Crippen LogP contribution < -0.4 is 0 Å². The van der Waals surface area contributed by atoms with Crippen LogP contribution in [0.25, 0.3) is 10.2 Å². The Morgan fingerprint density at radius 2 is 2.36 bits per heavy atom. The van der Waals surface area contributed by atoms with Gasteiger partial charge in [0.05, 0.1) is 15.7 Å². The highest BCUT2D eigenvalue weighted by atomic mass is 32.1. The average Bonchev–Trinajstić information content (AvgIpc) is 2.50. The van der Waals surface area contributed by atoms with Crippen molar-refractivity contribution < 1.29 is 4.79 Å². The first-order valence-corrected chi connectivity index (χ1v) is 4.06. The van der Waals surface area contributed by atoms with E-state index >= 15 is 0 Å². The number of thiazole rings is 1.